The summed E-state index contributed by atoms with van der Waals surface area (Å²) in [4.78, 5) is 1.17. The number of aryl methyl sites for hydroxylation is 2. The summed E-state index contributed by atoms with van der Waals surface area (Å²) >= 11 is 1.69. The first-order chi connectivity index (χ1) is 9.47. The van der Waals surface area contributed by atoms with E-state index in [9.17, 15) is 4.39 Å². The average Bonchev–Trinajstić information content (AvgIpc) is 2.39. The fourth-order valence-electron chi connectivity index (χ4n) is 2.10. The smallest absolute Gasteiger partial charge is 0.123 e. The third kappa shape index (κ3) is 3.62. The van der Waals surface area contributed by atoms with Crippen LogP contribution in [0.15, 0.2) is 47.4 Å². The Morgan fingerprint density at radius 2 is 1.80 bits per heavy atom. The molecule has 0 radical (unpaired) electrons. The lowest BCUT2D eigenvalue weighted by molar-refractivity contribution is 0.622. The minimum Gasteiger partial charge on any atom is -0.327 e. The predicted molar refractivity (Wildman–Crippen MR) is 84.6 cm³/mol. The second kappa shape index (κ2) is 6.42. The molecule has 0 bridgehead atoms. The van der Waals surface area contributed by atoms with Crippen molar-refractivity contribution in [2.45, 2.75) is 37.0 Å². The Morgan fingerprint density at radius 3 is 2.40 bits per heavy atom. The van der Waals surface area contributed by atoms with Crippen molar-refractivity contribution < 1.29 is 4.39 Å². The van der Waals surface area contributed by atoms with E-state index in [4.69, 9.17) is 5.73 Å². The summed E-state index contributed by atoms with van der Waals surface area (Å²) in [7, 11) is 0. The molecule has 106 valence electrons. The summed E-state index contributed by atoms with van der Waals surface area (Å²) in [6, 6.07) is 13.0. The summed E-state index contributed by atoms with van der Waals surface area (Å²) in [5, 5.41) is 0.0489. The van der Waals surface area contributed by atoms with Gasteiger partial charge in [-0.05, 0) is 61.7 Å². The molecule has 3 heteroatoms. The molecular formula is C17H20FNS. The van der Waals surface area contributed by atoms with E-state index in [1.807, 2.05) is 13.0 Å². The van der Waals surface area contributed by atoms with Crippen molar-refractivity contribution in [3.05, 3.63) is 65.0 Å². The lowest BCUT2D eigenvalue weighted by atomic mass is 10.1. The SMILES string of the molecule is Cc1ccc(SC(c2cccc(F)c2)C(C)N)cc1C. The van der Waals surface area contributed by atoms with E-state index in [0.29, 0.717) is 0 Å². The zero-order valence-corrected chi connectivity index (χ0v) is 12.9. The third-order valence-electron chi connectivity index (χ3n) is 3.40. The molecule has 0 heterocycles. The Labute approximate surface area is 124 Å². The lowest BCUT2D eigenvalue weighted by Crippen LogP contribution is -2.22. The van der Waals surface area contributed by atoms with Crippen LogP contribution in [0.2, 0.25) is 0 Å². The summed E-state index contributed by atoms with van der Waals surface area (Å²) in [5.41, 5.74) is 9.56. The highest BCUT2D eigenvalue weighted by Gasteiger charge is 2.18. The van der Waals surface area contributed by atoms with Crippen molar-refractivity contribution in [1.82, 2.24) is 0 Å². The topological polar surface area (TPSA) is 26.0 Å². The van der Waals surface area contributed by atoms with Crippen molar-refractivity contribution in [1.29, 1.82) is 0 Å². The summed E-state index contributed by atoms with van der Waals surface area (Å²) < 4.78 is 13.4. The van der Waals surface area contributed by atoms with Crippen molar-refractivity contribution in [3.63, 3.8) is 0 Å². The number of hydrogen-bond donors (Lipinski definition) is 1. The second-order valence-corrected chi connectivity index (χ2v) is 6.41. The maximum atomic E-state index is 13.4. The van der Waals surface area contributed by atoms with Crippen molar-refractivity contribution in [2.75, 3.05) is 0 Å². The van der Waals surface area contributed by atoms with Crippen LogP contribution >= 0.6 is 11.8 Å². The maximum absolute atomic E-state index is 13.4. The number of thioether (sulfide) groups is 1. The molecule has 0 saturated carbocycles. The lowest BCUT2D eigenvalue weighted by Gasteiger charge is -2.21. The van der Waals surface area contributed by atoms with E-state index in [1.165, 1.54) is 22.1 Å². The monoisotopic (exact) mass is 289 g/mol. The van der Waals surface area contributed by atoms with Crippen LogP contribution in [-0.2, 0) is 0 Å². The molecule has 2 aromatic carbocycles. The van der Waals surface area contributed by atoms with Gasteiger partial charge < -0.3 is 5.73 Å². The zero-order chi connectivity index (χ0) is 14.7. The zero-order valence-electron chi connectivity index (χ0n) is 12.1. The molecule has 2 aromatic rings. The van der Waals surface area contributed by atoms with Crippen LogP contribution in [0.3, 0.4) is 0 Å². The minimum atomic E-state index is -0.214. The van der Waals surface area contributed by atoms with Gasteiger partial charge in [-0.25, -0.2) is 4.39 Å². The molecule has 2 unspecified atom stereocenters. The van der Waals surface area contributed by atoms with Gasteiger partial charge in [0.25, 0.3) is 0 Å². The molecule has 1 nitrogen and oxygen atoms in total. The van der Waals surface area contributed by atoms with Crippen LogP contribution in [0.4, 0.5) is 4.39 Å². The number of benzene rings is 2. The van der Waals surface area contributed by atoms with Gasteiger partial charge in [0.05, 0.1) is 0 Å². The standard InChI is InChI=1S/C17H20FNS/c1-11-7-8-16(9-12(11)2)20-17(13(3)19)14-5-4-6-15(18)10-14/h4-10,13,17H,19H2,1-3H3. The Hall–Kier alpha value is -1.32. The molecule has 2 rings (SSSR count). The Bertz CT molecular complexity index is 595. The van der Waals surface area contributed by atoms with Crippen LogP contribution in [0.1, 0.15) is 28.9 Å². The molecule has 0 aliphatic carbocycles. The van der Waals surface area contributed by atoms with Crippen LogP contribution in [0.5, 0.6) is 0 Å². The number of halogens is 1. The van der Waals surface area contributed by atoms with Crippen LogP contribution in [0, 0.1) is 19.7 Å². The Balaban J connectivity index is 2.28. The fraction of sp³-hybridized carbons (Fsp3) is 0.294. The minimum absolute atomic E-state index is 0.0489. The van der Waals surface area contributed by atoms with E-state index in [2.05, 4.69) is 32.0 Å². The summed E-state index contributed by atoms with van der Waals surface area (Å²) in [6.45, 7) is 6.16. The molecule has 0 saturated heterocycles. The van der Waals surface area contributed by atoms with E-state index >= 15 is 0 Å². The largest absolute Gasteiger partial charge is 0.327 e. The Kier molecular flexibility index (Phi) is 4.84. The van der Waals surface area contributed by atoms with Gasteiger partial charge >= 0.3 is 0 Å². The van der Waals surface area contributed by atoms with Gasteiger partial charge in [0.1, 0.15) is 5.82 Å². The van der Waals surface area contributed by atoms with Gasteiger partial charge in [0.2, 0.25) is 0 Å². The molecule has 0 fully saturated rings. The molecule has 0 spiro atoms. The molecule has 0 aliphatic heterocycles. The normalized spacial score (nSPS) is 14.1. The third-order valence-corrected chi connectivity index (χ3v) is 4.88. The molecule has 0 amide bonds. The van der Waals surface area contributed by atoms with E-state index in [0.717, 1.165) is 5.56 Å². The van der Waals surface area contributed by atoms with Crippen molar-refractivity contribution >= 4 is 11.8 Å². The highest BCUT2D eigenvalue weighted by atomic mass is 32.2. The molecule has 2 N–H and O–H groups in total. The van der Waals surface area contributed by atoms with Gasteiger partial charge in [-0.2, -0.15) is 0 Å². The van der Waals surface area contributed by atoms with E-state index in [-0.39, 0.29) is 17.1 Å². The van der Waals surface area contributed by atoms with Crippen LogP contribution in [-0.4, -0.2) is 6.04 Å². The fourth-order valence-corrected chi connectivity index (χ4v) is 3.28. The number of hydrogen-bond acceptors (Lipinski definition) is 2. The van der Waals surface area contributed by atoms with Crippen LogP contribution in [0.25, 0.3) is 0 Å². The van der Waals surface area contributed by atoms with Crippen molar-refractivity contribution in [3.8, 4) is 0 Å². The first kappa shape index (κ1) is 15.1. The molecular weight excluding hydrogens is 269 g/mol. The maximum Gasteiger partial charge on any atom is 0.123 e. The Morgan fingerprint density at radius 1 is 1.05 bits per heavy atom. The molecule has 0 aliphatic rings. The quantitative estimate of drug-likeness (QED) is 0.831. The molecule has 2 atom stereocenters. The van der Waals surface area contributed by atoms with E-state index < -0.39 is 0 Å². The average molecular weight is 289 g/mol. The van der Waals surface area contributed by atoms with Gasteiger partial charge in [-0.1, -0.05) is 18.2 Å². The van der Waals surface area contributed by atoms with Crippen LogP contribution < -0.4 is 5.73 Å². The first-order valence-electron chi connectivity index (χ1n) is 6.72. The second-order valence-electron chi connectivity index (χ2n) is 5.20. The molecule has 0 aromatic heterocycles. The van der Waals surface area contributed by atoms with E-state index in [1.54, 1.807) is 23.9 Å². The van der Waals surface area contributed by atoms with Gasteiger partial charge in [-0.15, -0.1) is 11.8 Å². The molecule has 20 heavy (non-hydrogen) atoms. The van der Waals surface area contributed by atoms with Gasteiger partial charge in [0, 0.05) is 16.2 Å². The number of rotatable bonds is 4. The summed E-state index contributed by atoms with van der Waals surface area (Å²) in [5.74, 6) is -0.214. The first-order valence-corrected chi connectivity index (χ1v) is 7.60. The highest BCUT2D eigenvalue weighted by Crippen LogP contribution is 2.37. The van der Waals surface area contributed by atoms with Gasteiger partial charge in [-0.3, -0.25) is 0 Å². The highest BCUT2D eigenvalue weighted by molar-refractivity contribution is 7.99. The summed E-state index contributed by atoms with van der Waals surface area (Å²) in [6.07, 6.45) is 0. The van der Waals surface area contributed by atoms with Gasteiger partial charge in [0.15, 0.2) is 0 Å². The predicted octanol–water partition coefficient (Wildman–Crippen LogP) is 4.62. The number of nitrogens with two attached hydrogens (primary N) is 1. The van der Waals surface area contributed by atoms with Crippen molar-refractivity contribution in [2.24, 2.45) is 5.73 Å².